The first-order valence-corrected chi connectivity index (χ1v) is 12.5. The maximum atomic E-state index is 13.2. The fraction of sp³-hybridized carbons (Fsp3) is 0.375. The van der Waals surface area contributed by atoms with E-state index in [-0.39, 0.29) is 28.4 Å². The molecule has 1 saturated heterocycles. The van der Waals surface area contributed by atoms with Crippen LogP contribution in [-0.2, 0) is 15.4 Å². The number of rotatable bonds is 4. The van der Waals surface area contributed by atoms with Gasteiger partial charge in [-0.3, -0.25) is 0 Å². The Bertz CT molecular complexity index is 1220. The third kappa shape index (κ3) is 4.62. The van der Waals surface area contributed by atoms with Crippen molar-refractivity contribution >= 4 is 21.6 Å². The van der Waals surface area contributed by atoms with Gasteiger partial charge in [-0.25, -0.2) is 13.4 Å². The van der Waals surface area contributed by atoms with Crippen molar-refractivity contribution in [3.63, 3.8) is 0 Å². The van der Waals surface area contributed by atoms with Gasteiger partial charge in [-0.2, -0.15) is 4.31 Å². The summed E-state index contributed by atoms with van der Waals surface area (Å²) in [4.78, 5) is 7.93. The predicted molar refractivity (Wildman–Crippen MR) is 127 cm³/mol. The van der Waals surface area contributed by atoms with Crippen LogP contribution in [0.25, 0.3) is 22.6 Å². The minimum Gasteiger partial charge on any atom is -0.393 e. The van der Waals surface area contributed by atoms with Gasteiger partial charge in [0, 0.05) is 30.4 Å². The largest absolute Gasteiger partial charge is 0.393 e. The number of piperidine rings is 1. The van der Waals surface area contributed by atoms with Gasteiger partial charge in [0.25, 0.3) is 0 Å². The SMILES string of the molecule is CC(C)(C)c1cccc(-c2c[nH]c(-c3ccc(Cl)c(S(=O)(=O)N4CCC(O)CC4)c3)n2)c1. The van der Waals surface area contributed by atoms with Crippen LogP contribution < -0.4 is 0 Å². The minimum absolute atomic E-state index is 0.0269. The van der Waals surface area contributed by atoms with Gasteiger partial charge in [0.05, 0.1) is 16.8 Å². The highest BCUT2D eigenvalue weighted by Crippen LogP contribution is 2.32. The zero-order valence-electron chi connectivity index (χ0n) is 18.5. The van der Waals surface area contributed by atoms with E-state index < -0.39 is 16.1 Å². The minimum atomic E-state index is -3.77. The van der Waals surface area contributed by atoms with Crippen LogP contribution >= 0.6 is 11.6 Å². The summed E-state index contributed by atoms with van der Waals surface area (Å²) < 4.78 is 27.8. The Morgan fingerprint density at radius 2 is 1.81 bits per heavy atom. The van der Waals surface area contributed by atoms with Gasteiger partial charge in [-0.05, 0) is 48.1 Å². The van der Waals surface area contributed by atoms with Crippen LogP contribution in [0, 0.1) is 0 Å². The molecule has 6 nitrogen and oxygen atoms in total. The Labute approximate surface area is 194 Å². The van der Waals surface area contributed by atoms with Gasteiger partial charge in [-0.15, -0.1) is 0 Å². The number of nitrogens with one attached hydrogen (secondary N) is 1. The summed E-state index contributed by atoms with van der Waals surface area (Å²) in [5.74, 6) is 0.573. The van der Waals surface area contributed by atoms with Gasteiger partial charge in [0.15, 0.2) is 0 Å². The number of imidazole rings is 1. The van der Waals surface area contributed by atoms with Crippen molar-refractivity contribution in [3.8, 4) is 22.6 Å². The zero-order chi connectivity index (χ0) is 23.1. The Morgan fingerprint density at radius 3 is 2.50 bits per heavy atom. The van der Waals surface area contributed by atoms with Gasteiger partial charge >= 0.3 is 0 Å². The van der Waals surface area contributed by atoms with E-state index in [0.717, 1.165) is 11.3 Å². The number of benzene rings is 2. The summed E-state index contributed by atoms with van der Waals surface area (Å²) in [5.41, 5.74) is 3.66. The number of nitrogens with zero attached hydrogens (tertiary/aromatic N) is 2. The molecule has 2 aromatic carbocycles. The third-order valence-corrected chi connectivity index (χ3v) is 8.23. The molecular weight excluding hydrogens is 446 g/mol. The van der Waals surface area contributed by atoms with Crippen LogP contribution in [0.5, 0.6) is 0 Å². The molecule has 1 aliphatic rings. The second kappa shape index (κ2) is 8.63. The molecule has 1 aliphatic heterocycles. The molecule has 2 N–H and O–H groups in total. The fourth-order valence-corrected chi connectivity index (χ4v) is 5.80. The number of H-pyrrole nitrogens is 1. The van der Waals surface area contributed by atoms with E-state index in [1.54, 1.807) is 18.2 Å². The van der Waals surface area contributed by atoms with E-state index >= 15 is 0 Å². The average Bonchev–Trinajstić information content (AvgIpc) is 3.24. The standard InChI is InChI=1S/C24H28ClN3O3S/c1-24(2,3)18-6-4-5-16(13-18)21-15-26-23(27-21)17-7-8-20(25)22(14-17)32(30,31)28-11-9-19(29)10-12-28/h4-8,13-15,19,29H,9-12H2,1-3H3,(H,26,27). The molecule has 0 spiro atoms. The lowest BCUT2D eigenvalue weighted by atomic mass is 9.86. The summed E-state index contributed by atoms with van der Waals surface area (Å²) in [6, 6.07) is 13.2. The first-order chi connectivity index (χ1) is 15.1. The van der Waals surface area contributed by atoms with Gasteiger partial charge < -0.3 is 10.1 Å². The van der Waals surface area contributed by atoms with Gasteiger partial charge in [-0.1, -0.05) is 50.6 Å². The quantitative estimate of drug-likeness (QED) is 0.567. The van der Waals surface area contributed by atoms with Crippen LogP contribution in [0.3, 0.4) is 0 Å². The highest BCUT2D eigenvalue weighted by Gasteiger charge is 2.30. The number of halogens is 1. The topological polar surface area (TPSA) is 86.3 Å². The molecule has 1 aromatic heterocycles. The Morgan fingerprint density at radius 1 is 1.09 bits per heavy atom. The molecule has 170 valence electrons. The summed E-state index contributed by atoms with van der Waals surface area (Å²) >= 11 is 6.29. The smallest absolute Gasteiger partial charge is 0.244 e. The fourth-order valence-electron chi connectivity index (χ4n) is 3.83. The maximum Gasteiger partial charge on any atom is 0.244 e. The second-order valence-corrected chi connectivity index (χ2v) is 11.6. The average molecular weight is 474 g/mol. The lowest BCUT2D eigenvalue weighted by molar-refractivity contribution is 0.113. The highest BCUT2D eigenvalue weighted by atomic mass is 35.5. The highest BCUT2D eigenvalue weighted by molar-refractivity contribution is 7.89. The molecule has 3 aromatic rings. The number of aromatic amines is 1. The molecule has 8 heteroatoms. The van der Waals surface area contributed by atoms with Crippen LogP contribution in [0.4, 0.5) is 0 Å². The molecule has 0 bridgehead atoms. The number of aliphatic hydroxyl groups excluding tert-OH is 1. The number of aliphatic hydroxyl groups is 1. The lowest BCUT2D eigenvalue weighted by Crippen LogP contribution is -2.40. The molecule has 0 amide bonds. The summed E-state index contributed by atoms with van der Waals surface area (Å²) in [6.45, 7) is 7.06. The molecule has 0 atom stereocenters. The molecule has 1 fully saturated rings. The first-order valence-electron chi connectivity index (χ1n) is 10.7. The van der Waals surface area contributed by atoms with E-state index in [1.165, 1.54) is 9.87 Å². The van der Waals surface area contributed by atoms with Crippen molar-refractivity contribution in [3.05, 3.63) is 59.2 Å². The predicted octanol–water partition coefficient (Wildman–Crippen LogP) is 4.84. The van der Waals surface area contributed by atoms with Crippen molar-refractivity contribution < 1.29 is 13.5 Å². The molecule has 4 rings (SSSR count). The van der Waals surface area contributed by atoms with Crippen molar-refractivity contribution in [2.75, 3.05) is 13.1 Å². The molecule has 0 unspecified atom stereocenters. The normalized spacial score (nSPS) is 16.4. The van der Waals surface area contributed by atoms with Crippen molar-refractivity contribution in [1.29, 1.82) is 0 Å². The number of hydrogen-bond donors (Lipinski definition) is 2. The molecule has 0 radical (unpaired) electrons. The van der Waals surface area contributed by atoms with Crippen LogP contribution in [-0.4, -0.2) is 47.0 Å². The van der Waals surface area contributed by atoms with E-state index in [0.29, 0.717) is 24.2 Å². The Kier molecular flexibility index (Phi) is 6.20. The van der Waals surface area contributed by atoms with E-state index in [9.17, 15) is 13.5 Å². The first kappa shape index (κ1) is 23.0. The zero-order valence-corrected chi connectivity index (χ0v) is 20.0. The summed E-state index contributed by atoms with van der Waals surface area (Å²) in [7, 11) is -3.77. The van der Waals surface area contributed by atoms with Crippen molar-refractivity contribution in [2.24, 2.45) is 0 Å². The lowest BCUT2D eigenvalue weighted by Gasteiger charge is -2.29. The Hall–Kier alpha value is -2.19. The monoisotopic (exact) mass is 473 g/mol. The van der Waals surface area contributed by atoms with Gasteiger partial charge in [0.2, 0.25) is 10.0 Å². The second-order valence-electron chi connectivity index (χ2n) is 9.25. The van der Waals surface area contributed by atoms with Crippen molar-refractivity contribution in [2.45, 2.75) is 50.0 Å². The Balaban J connectivity index is 1.66. The molecule has 32 heavy (non-hydrogen) atoms. The van der Waals surface area contributed by atoms with Gasteiger partial charge in [0.1, 0.15) is 10.7 Å². The van der Waals surface area contributed by atoms with Crippen LogP contribution in [0.1, 0.15) is 39.2 Å². The summed E-state index contributed by atoms with van der Waals surface area (Å²) in [5, 5.41) is 9.88. The van der Waals surface area contributed by atoms with Crippen LogP contribution in [0.2, 0.25) is 5.02 Å². The molecule has 0 aliphatic carbocycles. The molecule has 0 saturated carbocycles. The third-order valence-electron chi connectivity index (χ3n) is 5.85. The molecular formula is C24H28ClN3O3S. The maximum absolute atomic E-state index is 13.2. The van der Waals surface area contributed by atoms with E-state index in [1.807, 2.05) is 18.3 Å². The van der Waals surface area contributed by atoms with Crippen molar-refractivity contribution in [1.82, 2.24) is 14.3 Å². The van der Waals surface area contributed by atoms with E-state index in [4.69, 9.17) is 16.6 Å². The molecule has 2 heterocycles. The van der Waals surface area contributed by atoms with E-state index in [2.05, 4.69) is 37.9 Å². The van der Waals surface area contributed by atoms with Crippen LogP contribution in [0.15, 0.2) is 53.6 Å². The summed E-state index contributed by atoms with van der Waals surface area (Å²) in [6.07, 6.45) is 2.21. The number of aromatic nitrogens is 2. The number of hydrogen-bond acceptors (Lipinski definition) is 4. The number of sulfonamides is 1.